The van der Waals surface area contributed by atoms with Crippen molar-refractivity contribution < 1.29 is 23.9 Å². The van der Waals surface area contributed by atoms with Gasteiger partial charge in [0.25, 0.3) is 0 Å². The van der Waals surface area contributed by atoms with Crippen LogP contribution in [0, 0.1) is 11.3 Å². The van der Waals surface area contributed by atoms with Gasteiger partial charge in [0.05, 0.1) is 5.56 Å². The van der Waals surface area contributed by atoms with Crippen LogP contribution in [0.3, 0.4) is 0 Å². The van der Waals surface area contributed by atoms with E-state index in [9.17, 15) is 14.4 Å². The number of carbonyl (C=O) groups is 3. The molecule has 0 unspecified atom stereocenters. The number of amides is 1. The third-order valence-corrected chi connectivity index (χ3v) is 3.53. The fourth-order valence-electron chi connectivity index (χ4n) is 2.08. The third-order valence-electron chi connectivity index (χ3n) is 3.53. The van der Waals surface area contributed by atoms with E-state index in [0.29, 0.717) is 23.2 Å². The van der Waals surface area contributed by atoms with Gasteiger partial charge in [-0.05, 0) is 36.4 Å². The summed E-state index contributed by atoms with van der Waals surface area (Å²) < 4.78 is 10.1. The molecule has 0 fully saturated rings. The molecule has 0 aliphatic carbocycles. The Hall–Kier alpha value is -3.66. The number of esters is 1. The first-order valence-corrected chi connectivity index (χ1v) is 8.24. The molecule has 0 aromatic heterocycles. The Bertz CT molecular complexity index is 869. The van der Waals surface area contributed by atoms with Crippen LogP contribution >= 0.6 is 0 Å². The summed E-state index contributed by atoms with van der Waals surface area (Å²) >= 11 is 0. The maximum absolute atomic E-state index is 12.1. The summed E-state index contributed by atoms with van der Waals surface area (Å²) in [5.41, 5.74) is 1.24. The van der Waals surface area contributed by atoms with E-state index in [0.717, 1.165) is 0 Å². The minimum atomic E-state index is -0.720. The van der Waals surface area contributed by atoms with Crippen LogP contribution in [0.25, 0.3) is 0 Å². The number of nitrogens with zero attached hydrogens (tertiary/aromatic N) is 1. The Kier molecular flexibility index (Phi) is 7.08. The van der Waals surface area contributed by atoms with Crippen molar-refractivity contribution in [3.05, 3.63) is 59.7 Å². The molecule has 0 aliphatic rings. The number of benzene rings is 2. The van der Waals surface area contributed by atoms with Crippen molar-refractivity contribution in [1.29, 1.82) is 5.26 Å². The monoisotopic (exact) mass is 366 g/mol. The van der Waals surface area contributed by atoms with Crippen molar-refractivity contribution in [3.63, 3.8) is 0 Å². The zero-order valence-electron chi connectivity index (χ0n) is 14.7. The molecule has 138 valence electrons. The van der Waals surface area contributed by atoms with E-state index in [2.05, 4.69) is 5.32 Å². The van der Waals surface area contributed by atoms with Crippen molar-refractivity contribution in [3.8, 4) is 11.8 Å². The van der Waals surface area contributed by atoms with Crippen LogP contribution in [0.15, 0.2) is 48.5 Å². The van der Waals surface area contributed by atoms with Gasteiger partial charge in [-0.1, -0.05) is 19.1 Å². The maximum atomic E-state index is 12.1. The van der Waals surface area contributed by atoms with E-state index in [1.807, 2.05) is 6.07 Å². The predicted molar refractivity (Wildman–Crippen MR) is 97.3 cm³/mol. The lowest BCUT2D eigenvalue weighted by Gasteiger charge is -2.08. The summed E-state index contributed by atoms with van der Waals surface area (Å²) in [5.74, 6) is -0.953. The molecule has 2 rings (SSSR count). The number of anilines is 1. The van der Waals surface area contributed by atoms with Crippen LogP contribution in [0.2, 0.25) is 0 Å². The fourth-order valence-corrected chi connectivity index (χ4v) is 2.08. The van der Waals surface area contributed by atoms with Gasteiger partial charge in [-0.3, -0.25) is 9.59 Å². The van der Waals surface area contributed by atoms with Crippen molar-refractivity contribution in [1.82, 2.24) is 0 Å². The number of para-hydroxylation sites is 1. The minimum Gasteiger partial charge on any atom is -0.481 e. The molecule has 1 amide bonds. The Balaban J connectivity index is 1.81. The summed E-state index contributed by atoms with van der Waals surface area (Å²) in [7, 11) is 0. The predicted octanol–water partition coefficient (Wildman–Crippen LogP) is 2.71. The van der Waals surface area contributed by atoms with Gasteiger partial charge in [-0.15, -0.1) is 0 Å². The van der Waals surface area contributed by atoms with Crippen molar-refractivity contribution in [2.24, 2.45) is 0 Å². The lowest BCUT2D eigenvalue weighted by atomic mass is 10.1. The lowest BCUT2D eigenvalue weighted by molar-refractivity contribution is -0.144. The average Bonchev–Trinajstić information content (AvgIpc) is 2.71. The molecule has 0 spiro atoms. The molecule has 7 heteroatoms. The van der Waals surface area contributed by atoms with Crippen molar-refractivity contribution in [2.45, 2.75) is 13.3 Å². The number of ether oxygens (including phenoxy) is 2. The van der Waals surface area contributed by atoms with Crippen LogP contribution in [0.4, 0.5) is 5.69 Å². The zero-order chi connectivity index (χ0) is 19.6. The first kappa shape index (κ1) is 19.7. The number of rotatable bonds is 8. The van der Waals surface area contributed by atoms with Crippen molar-refractivity contribution >= 4 is 23.3 Å². The van der Waals surface area contributed by atoms with E-state index in [-0.39, 0.29) is 17.4 Å². The molecule has 2 aromatic carbocycles. The Morgan fingerprint density at radius 3 is 2.41 bits per heavy atom. The number of nitrogens with one attached hydrogen (secondary N) is 1. The highest BCUT2D eigenvalue weighted by atomic mass is 16.6. The number of nitriles is 1. The molecule has 27 heavy (non-hydrogen) atoms. The van der Waals surface area contributed by atoms with E-state index < -0.39 is 19.2 Å². The highest BCUT2D eigenvalue weighted by Crippen LogP contribution is 2.16. The first-order chi connectivity index (χ1) is 13.0. The van der Waals surface area contributed by atoms with E-state index in [1.165, 1.54) is 0 Å². The van der Waals surface area contributed by atoms with Crippen molar-refractivity contribution in [2.75, 3.05) is 18.5 Å². The van der Waals surface area contributed by atoms with Crippen LogP contribution in [-0.2, 0) is 14.3 Å². The van der Waals surface area contributed by atoms with Crippen LogP contribution in [0.1, 0.15) is 29.3 Å². The molecule has 0 bridgehead atoms. The summed E-state index contributed by atoms with van der Waals surface area (Å²) in [6.45, 7) is 0.904. The Morgan fingerprint density at radius 2 is 1.74 bits per heavy atom. The standard InChI is InChI=1S/C20H18N2O5/c1-2-19(24)22-16-9-7-14(8-10-16)17(23)12-27-20(25)13-26-18-6-4-3-5-15(18)11-21/h3-10H,2,12-13H2,1H3,(H,22,24). The van der Waals surface area contributed by atoms with E-state index >= 15 is 0 Å². The van der Waals surface area contributed by atoms with Crippen LogP contribution < -0.4 is 10.1 Å². The van der Waals surface area contributed by atoms with Crippen LogP contribution in [-0.4, -0.2) is 30.9 Å². The number of ketones is 1. The Labute approximate surface area is 156 Å². The largest absolute Gasteiger partial charge is 0.481 e. The van der Waals surface area contributed by atoms with E-state index in [4.69, 9.17) is 14.7 Å². The fraction of sp³-hybridized carbons (Fsp3) is 0.200. The number of carbonyl (C=O) groups excluding carboxylic acids is 3. The summed E-state index contributed by atoms with van der Waals surface area (Å²) in [4.78, 5) is 35.1. The molecule has 0 saturated carbocycles. The van der Waals surface area contributed by atoms with Gasteiger partial charge in [0.15, 0.2) is 19.0 Å². The number of hydrogen-bond acceptors (Lipinski definition) is 6. The highest BCUT2D eigenvalue weighted by molar-refractivity contribution is 5.98. The molecule has 7 nitrogen and oxygen atoms in total. The topological polar surface area (TPSA) is 105 Å². The van der Waals surface area contributed by atoms with Gasteiger partial charge in [-0.2, -0.15) is 5.26 Å². The second-order valence-electron chi connectivity index (χ2n) is 5.46. The molecule has 2 aromatic rings. The van der Waals surface area contributed by atoms with Gasteiger partial charge in [-0.25, -0.2) is 4.79 Å². The molecular formula is C20H18N2O5. The molecule has 1 N–H and O–H groups in total. The van der Waals surface area contributed by atoms with Gasteiger partial charge in [0.1, 0.15) is 11.8 Å². The van der Waals surface area contributed by atoms with Gasteiger partial charge < -0.3 is 14.8 Å². The van der Waals surface area contributed by atoms with Gasteiger partial charge >= 0.3 is 5.97 Å². The SMILES string of the molecule is CCC(=O)Nc1ccc(C(=O)COC(=O)COc2ccccc2C#N)cc1. The van der Waals surface area contributed by atoms with E-state index in [1.54, 1.807) is 55.5 Å². The molecule has 0 radical (unpaired) electrons. The lowest BCUT2D eigenvalue weighted by Crippen LogP contribution is -2.19. The molecule has 0 saturated heterocycles. The smallest absolute Gasteiger partial charge is 0.344 e. The summed E-state index contributed by atoms with van der Waals surface area (Å²) in [6.07, 6.45) is 0.359. The zero-order valence-corrected chi connectivity index (χ0v) is 14.7. The molecule has 0 atom stereocenters. The quantitative estimate of drug-likeness (QED) is 0.569. The number of hydrogen-bond donors (Lipinski definition) is 1. The molecule has 0 aliphatic heterocycles. The molecular weight excluding hydrogens is 348 g/mol. The maximum Gasteiger partial charge on any atom is 0.344 e. The second-order valence-corrected chi connectivity index (χ2v) is 5.46. The second kappa shape index (κ2) is 9.73. The third kappa shape index (κ3) is 5.97. The number of Topliss-reactive ketones (excluding diaryl/α,β-unsaturated/α-hetero) is 1. The molecule has 0 heterocycles. The van der Waals surface area contributed by atoms with Gasteiger partial charge in [0.2, 0.25) is 5.91 Å². The normalized spacial score (nSPS) is 9.78. The highest BCUT2D eigenvalue weighted by Gasteiger charge is 2.12. The van der Waals surface area contributed by atoms with Crippen LogP contribution in [0.5, 0.6) is 5.75 Å². The average molecular weight is 366 g/mol. The minimum absolute atomic E-state index is 0.124. The Morgan fingerprint density at radius 1 is 1.04 bits per heavy atom. The summed E-state index contributed by atoms with van der Waals surface area (Å²) in [6, 6.07) is 14.7. The summed E-state index contributed by atoms with van der Waals surface area (Å²) in [5, 5.41) is 11.6. The first-order valence-electron chi connectivity index (χ1n) is 8.24. The van der Waals surface area contributed by atoms with Gasteiger partial charge in [0, 0.05) is 17.7 Å².